The average molecular weight is 245 g/mol. The molecule has 0 atom stereocenters. The van der Waals surface area contributed by atoms with Crippen LogP contribution in [0.4, 0.5) is 5.69 Å². The van der Waals surface area contributed by atoms with Crippen molar-refractivity contribution >= 4 is 33.1 Å². The molecule has 4 nitrogen and oxygen atoms in total. The number of pyridine rings is 1. The molecule has 1 amide bonds. The van der Waals surface area contributed by atoms with Crippen LogP contribution >= 0.6 is 0 Å². The molecular weight excluding hydrogens is 238 g/mol. The van der Waals surface area contributed by atoms with Crippen molar-refractivity contribution < 1.29 is 4.79 Å². The normalized spacial score (nSPS) is 12.7. The number of anilines is 1. The standard InChI is InChI=1S/C15H7N3O/c16-5-10-8-3-1-2-4-9(8)14-13-11(10)6-17-7-12(13)15(19)18-14/h1-4,6-7H,(H,18,19). The van der Waals surface area contributed by atoms with Gasteiger partial charge in [-0.1, -0.05) is 24.3 Å². The number of aromatic nitrogens is 1. The van der Waals surface area contributed by atoms with Gasteiger partial charge in [-0.05, 0) is 0 Å². The van der Waals surface area contributed by atoms with Gasteiger partial charge in [0.2, 0.25) is 0 Å². The van der Waals surface area contributed by atoms with Gasteiger partial charge in [-0.25, -0.2) is 0 Å². The second-order valence-electron chi connectivity index (χ2n) is 4.47. The van der Waals surface area contributed by atoms with Crippen LogP contribution < -0.4 is 5.32 Å². The maximum atomic E-state index is 12.0. The monoisotopic (exact) mass is 245 g/mol. The van der Waals surface area contributed by atoms with Crippen LogP contribution in [0.25, 0.3) is 21.5 Å². The number of amides is 1. The van der Waals surface area contributed by atoms with Crippen molar-refractivity contribution in [1.29, 1.82) is 5.26 Å². The summed E-state index contributed by atoms with van der Waals surface area (Å²) in [7, 11) is 0. The SMILES string of the molecule is N#Cc1c2ccccc2c2c3c(cncc13)C(=O)N2. The van der Waals surface area contributed by atoms with E-state index >= 15 is 0 Å². The van der Waals surface area contributed by atoms with Crippen LogP contribution in [0.3, 0.4) is 0 Å². The molecule has 0 aliphatic carbocycles. The number of nitriles is 1. The minimum atomic E-state index is -0.159. The van der Waals surface area contributed by atoms with E-state index in [1.807, 2.05) is 24.3 Å². The Morgan fingerprint density at radius 2 is 1.89 bits per heavy atom. The second kappa shape index (κ2) is 3.30. The Balaban J connectivity index is 2.40. The number of fused-ring (bicyclic) bond motifs is 2. The summed E-state index contributed by atoms with van der Waals surface area (Å²) in [4.78, 5) is 16.0. The van der Waals surface area contributed by atoms with Crippen LogP contribution in [-0.4, -0.2) is 10.9 Å². The Morgan fingerprint density at radius 1 is 1.11 bits per heavy atom. The summed E-state index contributed by atoms with van der Waals surface area (Å²) < 4.78 is 0. The Labute approximate surface area is 108 Å². The van der Waals surface area contributed by atoms with E-state index in [9.17, 15) is 10.1 Å². The van der Waals surface area contributed by atoms with Crippen molar-refractivity contribution in [3.63, 3.8) is 0 Å². The molecule has 1 aliphatic heterocycles. The fourth-order valence-electron chi connectivity index (χ4n) is 2.72. The van der Waals surface area contributed by atoms with Gasteiger partial charge < -0.3 is 5.32 Å². The molecule has 3 aromatic rings. The molecule has 0 fully saturated rings. The number of benzene rings is 2. The lowest BCUT2D eigenvalue weighted by molar-refractivity contribution is 0.103. The maximum absolute atomic E-state index is 12.0. The van der Waals surface area contributed by atoms with Crippen molar-refractivity contribution in [3.05, 3.63) is 47.8 Å². The minimum Gasteiger partial charge on any atom is -0.321 e. The van der Waals surface area contributed by atoms with Crippen LogP contribution in [0.2, 0.25) is 0 Å². The third kappa shape index (κ3) is 1.11. The minimum absolute atomic E-state index is 0.159. The Hall–Kier alpha value is -2.93. The molecule has 0 saturated carbocycles. The zero-order chi connectivity index (χ0) is 13.0. The van der Waals surface area contributed by atoms with Gasteiger partial charge in [0, 0.05) is 33.9 Å². The number of hydrogen-bond donors (Lipinski definition) is 1. The van der Waals surface area contributed by atoms with E-state index in [2.05, 4.69) is 16.4 Å². The van der Waals surface area contributed by atoms with Gasteiger partial charge in [0.1, 0.15) is 6.07 Å². The molecule has 88 valence electrons. The number of carbonyl (C=O) groups is 1. The van der Waals surface area contributed by atoms with Crippen molar-refractivity contribution in [3.8, 4) is 6.07 Å². The van der Waals surface area contributed by atoms with Crippen molar-refractivity contribution in [2.75, 3.05) is 5.32 Å². The van der Waals surface area contributed by atoms with Crippen molar-refractivity contribution in [1.82, 2.24) is 4.98 Å². The molecule has 4 rings (SSSR count). The van der Waals surface area contributed by atoms with Crippen LogP contribution in [0.1, 0.15) is 15.9 Å². The van der Waals surface area contributed by atoms with E-state index in [0.717, 1.165) is 27.2 Å². The summed E-state index contributed by atoms with van der Waals surface area (Å²) in [6.07, 6.45) is 3.19. The lowest BCUT2D eigenvalue weighted by Gasteiger charge is -2.08. The number of nitrogens with one attached hydrogen (secondary N) is 1. The third-order valence-corrected chi connectivity index (χ3v) is 3.53. The van der Waals surface area contributed by atoms with Gasteiger partial charge in [-0.2, -0.15) is 5.26 Å². The van der Waals surface area contributed by atoms with Crippen LogP contribution in [0, 0.1) is 11.3 Å². The van der Waals surface area contributed by atoms with Gasteiger partial charge in [0.25, 0.3) is 5.91 Å². The first-order chi connectivity index (χ1) is 9.31. The summed E-state index contributed by atoms with van der Waals surface area (Å²) in [5.41, 5.74) is 1.89. The Bertz CT molecular complexity index is 922. The highest BCUT2D eigenvalue weighted by atomic mass is 16.1. The smallest absolute Gasteiger partial charge is 0.257 e. The van der Waals surface area contributed by atoms with E-state index in [-0.39, 0.29) is 5.91 Å². The molecule has 0 spiro atoms. The molecule has 4 heteroatoms. The lowest BCUT2D eigenvalue weighted by Crippen LogP contribution is -2.04. The molecule has 0 unspecified atom stereocenters. The summed E-state index contributed by atoms with van der Waals surface area (Å²) in [5, 5.41) is 15.6. The Morgan fingerprint density at radius 3 is 2.68 bits per heavy atom. The highest BCUT2D eigenvalue weighted by molar-refractivity contribution is 6.30. The van der Waals surface area contributed by atoms with Gasteiger partial charge in [0.05, 0.1) is 16.8 Å². The summed E-state index contributed by atoms with van der Waals surface area (Å²) in [6, 6.07) is 9.82. The van der Waals surface area contributed by atoms with E-state index in [1.165, 1.54) is 0 Å². The molecule has 2 heterocycles. The summed E-state index contributed by atoms with van der Waals surface area (Å²) >= 11 is 0. The average Bonchev–Trinajstić information content (AvgIpc) is 2.79. The molecule has 1 N–H and O–H groups in total. The molecular formula is C15H7N3O. The fourth-order valence-corrected chi connectivity index (χ4v) is 2.72. The zero-order valence-electron chi connectivity index (χ0n) is 9.77. The lowest BCUT2D eigenvalue weighted by atomic mass is 9.96. The first-order valence-corrected chi connectivity index (χ1v) is 5.85. The van der Waals surface area contributed by atoms with Crippen LogP contribution in [-0.2, 0) is 0 Å². The van der Waals surface area contributed by atoms with E-state index < -0.39 is 0 Å². The zero-order valence-corrected chi connectivity index (χ0v) is 9.77. The van der Waals surface area contributed by atoms with E-state index in [4.69, 9.17) is 0 Å². The molecule has 2 aromatic carbocycles. The number of rotatable bonds is 0. The van der Waals surface area contributed by atoms with Crippen molar-refractivity contribution in [2.45, 2.75) is 0 Å². The topological polar surface area (TPSA) is 65.8 Å². The second-order valence-corrected chi connectivity index (χ2v) is 4.47. The third-order valence-electron chi connectivity index (χ3n) is 3.53. The summed E-state index contributed by atoms with van der Waals surface area (Å²) in [6.45, 7) is 0. The largest absolute Gasteiger partial charge is 0.321 e. The number of nitrogens with zero attached hydrogens (tertiary/aromatic N) is 2. The molecule has 1 aromatic heterocycles. The number of hydrogen-bond acceptors (Lipinski definition) is 3. The van der Waals surface area contributed by atoms with E-state index in [0.29, 0.717) is 11.1 Å². The molecule has 19 heavy (non-hydrogen) atoms. The first-order valence-electron chi connectivity index (χ1n) is 5.85. The van der Waals surface area contributed by atoms with Crippen LogP contribution in [0.5, 0.6) is 0 Å². The van der Waals surface area contributed by atoms with Gasteiger partial charge in [-0.15, -0.1) is 0 Å². The maximum Gasteiger partial charge on any atom is 0.257 e. The van der Waals surface area contributed by atoms with E-state index in [1.54, 1.807) is 12.4 Å². The fraction of sp³-hybridized carbons (Fsp3) is 0. The summed E-state index contributed by atoms with van der Waals surface area (Å²) in [5.74, 6) is -0.159. The predicted molar refractivity (Wildman–Crippen MR) is 71.9 cm³/mol. The highest BCUT2D eigenvalue weighted by Gasteiger charge is 2.26. The predicted octanol–water partition coefficient (Wildman–Crippen LogP) is 2.83. The molecule has 0 saturated heterocycles. The van der Waals surface area contributed by atoms with Crippen molar-refractivity contribution in [2.24, 2.45) is 0 Å². The van der Waals surface area contributed by atoms with Gasteiger partial charge in [0.15, 0.2) is 0 Å². The number of carbonyl (C=O) groups excluding carboxylic acids is 1. The molecule has 0 radical (unpaired) electrons. The van der Waals surface area contributed by atoms with Gasteiger partial charge in [-0.3, -0.25) is 9.78 Å². The quantitative estimate of drug-likeness (QED) is 0.619. The highest BCUT2D eigenvalue weighted by Crippen LogP contribution is 2.40. The van der Waals surface area contributed by atoms with Crippen LogP contribution in [0.15, 0.2) is 36.7 Å². The Kier molecular flexibility index (Phi) is 1.74. The first kappa shape index (κ1) is 10.0. The molecule has 0 bridgehead atoms. The molecule has 1 aliphatic rings. The van der Waals surface area contributed by atoms with Gasteiger partial charge >= 0.3 is 0 Å².